The quantitative estimate of drug-likeness (QED) is 0.316. The van der Waals surface area contributed by atoms with Crippen LogP contribution in [0.1, 0.15) is 6.42 Å². The van der Waals surface area contributed by atoms with E-state index in [9.17, 15) is 9.59 Å². The summed E-state index contributed by atoms with van der Waals surface area (Å²) in [7, 11) is 2.46. The van der Waals surface area contributed by atoms with Crippen molar-refractivity contribution in [1.29, 1.82) is 0 Å². The van der Waals surface area contributed by atoms with Crippen LogP contribution in [0, 0.1) is 45.6 Å². The van der Waals surface area contributed by atoms with Crippen molar-refractivity contribution >= 4 is 11.9 Å². The number of unbranched alkanes of at least 4 members (excludes halogenated alkanes) is 1. The van der Waals surface area contributed by atoms with Crippen molar-refractivity contribution in [1.82, 2.24) is 0 Å². The van der Waals surface area contributed by atoms with Crippen molar-refractivity contribution in [3.63, 3.8) is 0 Å². The van der Waals surface area contributed by atoms with Crippen LogP contribution < -0.4 is 0 Å². The second-order valence-electron chi connectivity index (χ2n) is 2.31. The molecule has 0 saturated carbocycles. The minimum Gasteiger partial charge on any atom is -0.468 e. The van der Waals surface area contributed by atoms with E-state index >= 15 is 0 Å². The molecule has 0 atom stereocenters. The Morgan fingerprint density at radius 2 is 1.35 bits per heavy atom. The van der Waals surface area contributed by atoms with Crippen molar-refractivity contribution in [2.24, 2.45) is 5.92 Å². The Bertz CT molecular complexity index is 253. The molecule has 0 saturated heterocycles. The SMILES string of the molecule is [C-]#[O+].[C-]#[O+].[C-]#[O+].[CH2][CH][CH]CC(C(=O)OC)C(=O)OC.[Co]. The van der Waals surface area contributed by atoms with Crippen molar-refractivity contribution in [2.45, 2.75) is 6.42 Å². The second-order valence-corrected chi connectivity index (χ2v) is 2.31. The summed E-state index contributed by atoms with van der Waals surface area (Å²) in [6.07, 6.45) is 3.38. The van der Waals surface area contributed by atoms with Gasteiger partial charge in [0.15, 0.2) is 5.92 Å². The average Bonchev–Trinajstić information content (AvgIpc) is 2.52. The molecule has 0 bridgehead atoms. The third-order valence-corrected chi connectivity index (χ3v) is 1.51. The van der Waals surface area contributed by atoms with E-state index in [0.717, 1.165) is 0 Å². The standard InChI is InChI=1S/C9H13O4.3CO.Co/c1-4-5-6-7(8(10)12-2)9(11)13-3;3*1-2;/h4-5,7H,1,6H2,2-3H3;;;;. The molecule has 0 aliphatic carbocycles. The fourth-order valence-electron chi connectivity index (χ4n) is 0.806. The zero-order valence-corrected chi connectivity index (χ0v) is 11.9. The first-order chi connectivity index (χ1) is 9.17. The normalized spacial score (nSPS) is 6.70. The number of esters is 2. The van der Waals surface area contributed by atoms with E-state index < -0.39 is 17.9 Å². The first-order valence-electron chi connectivity index (χ1n) is 4.38. The van der Waals surface area contributed by atoms with Gasteiger partial charge in [0.1, 0.15) is 0 Å². The molecule has 0 heterocycles. The Morgan fingerprint density at radius 1 is 1.05 bits per heavy atom. The smallest absolute Gasteiger partial charge is 0.320 e. The summed E-state index contributed by atoms with van der Waals surface area (Å²) in [5.41, 5.74) is 0. The predicted molar refractivity (Wildman–Crippen MR) is 57.9 cm³/mol. The van der Waals surface area contributed by atoms with E-state index in [-0.39, 0.29) is 23.2 Å². The van der Waals surface area contributed by atoms with Gasteiger partial charge in [-0.05, 0) is 26.2 Å². The first-order valence-corrected chi connectivity index (χ1v) is 4.38. The van der Waals surface area contributed by atoms with Gasteiger partial charge in [0.25, 0.3) is 0 Å². The van der Waals surface area contributed by atoms with Crippen LogP contribution in [0.5, 0.6) is 0 Å². The molecule has 8 heteroatoms. The number of carbonyl (C=O) groups is 2. The minimum absolute atomic E-state index is 0. The summed E-state index contributed by atoms with van der Waals surface area (Å²) in [4.78, 5) is 22.1. The number of hydrogen-bond acceptors (Lipinski definition) is 4. The molecule has 0 rings (SSSR count). The van der Waals surface area contributed by atoms with Gasteiger partial charge in [0, 0.05) is 16.8 Å². The van der Waals surface area contributed by atoms with Gasteiger partial charge in [0.05, 0.1) is 14.2 Å². The molecule has 0 aromatic carbocycles. The van der Waals surface area contributed by atoms with E-state index in [0.29, 0.717) is 0 Å². The minimum atomic E-state index is -0.881. The van der Waals surface area contributed by atoms with Crippen LogP contribution in [0.15, 0.2) is 0 Å². The van der Waals surface area contributed by atoms with E-state index in [1.54, 1.807) is 6.42 Å². The number of hydrogen-bond donors (Lipinski definition) is 0. The number of ether oxygens (including phenoxy) is 2. The molecule has 112 valence electrons. The van der Waals surface area contributed by atoms with E-state index in [1.807, 2.05) is 0 Å². The molecule has 0 amide bonds. The van der Waals surface area contributed by atoms with Crippen molar-refractivity contribution in [3.8, 4) is 0 Å². The second kappa shape index (κ2) is 30.6. The molecule has 4 radical (unpaired) electrons. The van der Waals surface area contributed by atoms with Gasteiger partial charge in [0.2, 0.25) is 0 Å². The zero-order chi connectivity index (χ0) is 16.3. The fraction of sp³-hybridized carbons (Fsp3) is 0.333. The topological polar surface area (TPSA) is 112 Å². The molecule has 20 heavy (non-hydrogen) atoms. The average molecular weight is 328 g/mol. The Kier molecular flexibility index (Phi) is 47.7. The zero-order valence-electron chi connectivity index (χ0n) is 10.8. The number of rotatable bonds is 5. The summed E-state index contributed by atoms with van der Waals surface area (Å²) < 4.78 is 31.4. The third kappa shape index (κ3) is 19.0. The van der Waals surface area contributed by atoms with Crippen LogP contribution in [-0.2, 0) is 49.8 Å². The molecule has 0 spiro atoms. The maximum atomic E-state index is 11.0. The van der Waals surface area contributed by atoms with Gasteiger partial charge >= 0.3 is 45.8 Å². The maximum Gasteiger partial charge on any atom is 0.320 e. The molecular weight excluding hydrogens is 315 g/mol. The third-order valence-electron chi connectivity index (χ3n) is 1.51. The van der Waals surface area contributed by atoms with Gasteiger partial charge in [-0.1, -0.05) is 0 Å². The summed E-state index contributed by atoms with van der Waals surface area (Å²) in [6.45, 7) is 16.9. The summed E-state index contributed by atoms with van der Waals surface area (Å²) in [5, 5.41) is 0. The molecule has 7 nitrogen and oxygen atoms in total. The molecule has 0 aliphatic heterocycles. The Labute approximate surface area is 128 Å². The van der Waals surface area contributed by atoms with Crippen LogP contribution in [-0.4, -0.2) is 26.2 Å². The fourth-order valence-corrected chi connectivity index (χ4v) is 0.806. The van der Waals surface area contributed by atoms with Crippen LogP contribution in [0.2, 0.25) is 0 Å². The van der Waals surface area contributed by atoms with Gasteiger partial charge in [-0.3, -0.25) is 9.59 Å². The Balaban J connectivity index is -0.0000000940. The van der Waals surface area contributed by atoms with Crippen LogP contribution >= 0.6 is 0 Å². The molecule has 0 fully saturated rings. The van der Waals surface area contributed by atoms with E-state index in [2.05, 4.69) is 36.3 Å². The van der Waals surface area contributed by atoms with Crippen LogP contribution in [0.4, 0.5) is 0 Å². The molecule has 0 aromatic rings. The van der Waals surface area contributed by atoms with Crippen LogP contribution in [0.3, 0.4) is 0 Å². The molecule has 0 aromatic heterocycles. The van der Waals surface area contributed by atoms with E-state index in [1.165, 1.54) is 20.6 Å². The number of methoxy groups -OCH3 is 2. The Hall–Kier alpha value is -1.33. The van der Waals surface area contributed by atoms with Gasteiger partial charge < -0.3 is 9.47 Å². The first kappa shape index (κ1) is 31.2. The number of carbonyl (C=O) groups excluding carboxylic acids is 2. The summed E-state index contributed by atoms with van der Waals surface area (Å²) in [5.74, 6) is -2.07. The maximum absolute atomic E-state index is 11.0. The van der Waals surface area contributed by atoms with E-state index in [4.69, 9.17) is 14.0 Å². The van der Waals surface area contributed by atoms with Gasteiger partial charge in [-0.25, -0.2) is 0 Å². The van der Waals surface area contributed by atoms with Crippen LogP contribution in [0.25, 0.3) is 0 Å². The summed E-state index contributed by atoms with van der Waals surface area (Å²) in [6, 6.07) is 0. The van der Waals surface area contributed by atoms with Crippen molar-refractivity contribution in [3.05, 3.63) is 39.7 Å². The monoisotopic (exact) mass is 328 g/mol. The Morgan fingerprint density at radius 3 is 1.55 bits per heavy atom. The van der Waals surface area contributed by atoms with Gasteiger partial charge in [-0.2, -0.15) is 0 Å². The largest absolute Gasteiger partial charge is 0.468 e. The van der Waals surface area contributed by atoms with Crippen molar-refractivity contribution < 1.29 is 49.8 Å². The molecular formula is C12H13CoO7. The molecule has 0 N–H and O–H groups in total. The summed E-state index contributed by atoms with van der Waals surface area (Å²) >= 11 is 0. The van der Waals surface area contributed by atoms with Crippen molar-refractivity contribution in [2.75, 3.05) is 14.2 Å². The van der Waals surface area contributed by atoms with Gasteiger partial charge in [-0.15, -0.1) is 0 Å². The molecule has 0 unspecified atom stereocenters. The molecule has 0 aliphatic rings. The predicted octanol–water partition coefficient (Wildman–Crippen LogP) is 0.466.